The van der Waals surface area contributed by atoms with Gasteiger partial charge in [-0.2, -0.15) is 0 Å². The van der Waals surface area contributed by atoms with Crippen LogP contribution in [0.15, 0.2) is 12.1 Å². The highest BCUT2D eigenvalue weighted by molar-refractivity contribution is 5.43. The fraction of sp³-hybridized carbons (Fsp3) is 0.722. The van der Waals surface area contributed by atoms with Crippen LogP contribution in [0.25, 0.3) is 0 Å². The number of aryl methyl sites for hydroxylation is 1. The van der Waals surface area contributed by atoms with E-state index in [0.29, 0.717) is 6.04 Å². The lowest BCUT2D eigenvalue weighted by Crippen LogP contribution is -2.37. The number of hydrogen-bond donors (Lipinski definition) is 0. The van der Waals surface area contributed by atoms with Crippen molar-refractivity contribution >= 4 is 5.82 Å². The monoisotopic (exact) mass is 303 g/mol. The van der Waals surface area contributed by atoms with E-state index in [1.54, 1.807) is 0 Å². The SMILES string of the molecule is CCCN1CCCC[C@H]1c1ccc(N2CCOCC2)nc1C. The second kappa shape index (κ2) is 7.42. The highest BCUT2D eigenvalue weighted by Gasteiger charge is 2.25. The Bertz CT molecular complexity index is 483. The van der Waals surface area contributed by atoms with E-state index in [1.165, 1.54) is 50.0 Å². The van der Waals surface area contributed by atoms with Gasteiger partial charge < -0.3 is 9.64 Å². The number of morpholine rings is 1. The number of rotatable bonds is 4. The van der Waals surface area contributed by atoms with Gasteiger partial charge in [0.05, 0.1) is 13.2 Å². The molecule has 22 heavy (non-hydrogen) atoms. The molecular formula is C18H29N3O. The summed E-state index contributed by atoms with van der Waals surface area (Å²) in [7, 11) is 0. The molecule has 2 aliphatic rings. The Kier molecular flexibility index (Phi) is 5.32. The van der Waals surface area contributed by atoms with E-state index in [9.17, 15) is 0 Å². The Morgan fingerprint density at radius 2 is 2.00 bits per heavy atom. The smallest absolute Gasteiger partial charge is 0.128 e. The summed E-state index contributed by atoms with van der Waals surface area (Å²) in [4.78, 5) is 9.90. The average Bonchev–Trinajstić information content (AvgIpc) is 2.57. The van der Waals surface area contributed by atoms with Crippen LogP contribution in [0.1, 0.15) is 49.9 Å². The number of likely N-dealkylation sites (tertiary alicyclic amines) is 1. The Morgan fingerprint density at radius 1 is 1.18 bits per heavy atom. The van der Waals surface area contributed by atoms with Crippen LogP contribution in [0.3, 0.4) is 0 Å². The third kappa shape index (κ3) is 3.44. The third-order valence-corrected chi connectivity index (χ3v) is 4.93. The van der Waals surface area contributed by atoms with E-state index in [1.807, 2.05) is 0 Å². The molecule has 0 amide bonds. The maximum atomic E-state index is 5.44. The molecule has 4 heteroatoms. The zero-order chi connectivity index (χ0) is 15.4. The van der Waals surface area contributed by atoms with Crippen molar-refractivity contribution in [3.8, 4) is 0 Å². The number of aromatic nitrogens is 1. The van der Waals surface area contributed by atoms with Gasteiger partial charge in [-0.3, -0.25) is 4.90 Å². The van der Waals surface area contributed by atoms with Crippen molar-refractivity contribution < 1.29 is 4.74 Å². The first-order chi connectivity index (χ1) is 10.8. The van der Waals surface area contributed by atoms with E-state index < -0.39 is 0 Å². The molecule has 3 heterocycles. The van der Waals surface area contributed by atoms with Gasteiger partial charge >= 0.3 is 0 Å². The summed E-state index contributed by atoms with van der Waals surface area (Å²) in [5, 5.41) is 0. The number of piperidine rings is 1. The predicted octanol–water partition coefficient (Wildman–Crippen LogP) is 3.16. The van der Waals surface area contributed by atoms with Crippen LogP contribution < -0.4 is 4.90 Å². The van der Waals surface area contributed by atoms with Crippen LogP contribution in [0.4, 0.5) is 5.82 Å². The summed E-state index contributed by atoms with van der Waals surface area (Å²) in [5.74, 6) is 1.11. The Hall–Kier alpha value is -1.13. The molecule has 1 aromatic rings. The standard InChI is InChI=1S/C18H29N3O/c1-3-9-20-10-5-4-6-17(20)16-7-8-18(19-15(16)2)21-11-13-22-14-12-21/h7-8,17H,3-6,9-14H2,1-2H3/t17-/m0/s1. The van der Waals surface area contributed by atoms with Crippen molar-refractivity contribution in [3.05, 3.63) is 23.4 Å². The summed E-state index contributed by atoms with van der Waals surface area (Å²) in [5.41, 5.74) is 2.64. The number of pyridine rings is 1. The van der Waals surface area contributed by atoms with Gasteiger partial charge in [0, 0.05) is 24.8 Å². The zero-order valence-electron chi connectivity index (χ0n) is 14.1. The van der Waals surface area contributed by atoms with Gasteiger partial charge in [0.25, 0.3) is 0 Å². The molecule has 0 saturated carbocycles. The molecule has 0 N–H and O–H groups in total. The summed E-state index contributed by atoms with van der Waals surface area (Å²) < 4.78 is 5.44. The minimum absolute atomic E-state index is 0.569. The predicted molar refractivity (Wildman–Crippen MR) is 90.5 cm³/mol. The first-order valence-electron chi connectivity index (χ1n) is 8.84. The lowest BCUT2D eigenvalue weighted by molar-refractivity contribution is 0.122. The molecule has 0 spiro atoms. The number of hydrogen-bond acceptors (Lipinski definition) is 4. The largest absolute Gasteiger partial charge is 0.378 e. The van der Waals surface area contributed by atoms with Crippen molar-refractivity contribution in [1.82, 2.24) is 9.88 Å². The average molecular weight is 303 g/mol. The summed E-state index contributed by atoms with van der Waals surface area (Å²) in [6.45, 7) is 10.4. The van der Waals surface area contributed by atoms with Crippen LogP contribution in [0, 0.1) is 6.92 Å². The van der Waals surface area contributed by atoms with E-state index in [4.69, 9.17) is 9.72 Å². The molecule has 1 aromatic heterocycles. The second-order valence-electron chi connectivity index (χ2n) is 6.49. The first kappa shape index (κ1) is 15.8. The number of ether oxygens (including phenoxy) is 1. The normalized spacial score (nSPS) is 23.7. The van der Waals surface area contributed by atoms with Crippen molar-refractivity contribution in [2.75, 3.05) is 44.3 Å². The fourth-order valence-electron chi connectivity index (χ4n) is 3.78. The molecule has 1 atom stereocenters. The number of anilines is 1. The maximum absolute atomic E-state index is 5.44. The minimum atomic E-state index is 0.569. The van der Waals surface area contributed by atoms with Gasteiger partial charge in [0.2, 0.25) is 0 Å². The Labute approximate surface area is 134 Å². The van der Waals surface area contributed by atoms with Crippen molar-refractivity contribution in [2.24, 2.45) is 0 Å². The lowest BCUT2D eigenvalue weighted by atomic mass is 9.94. The molecular weight excluding hydrogens is 274 g/mol. The molecule has 0 aromatic carbocycles. The van der Waals surface area contributed by atoms with Crippen molar-refractivity contribution in [2.45, 2.75) is 45.6 Å². The molecule has 122 valence electrons. The Balaban J connectivity index is 1.78. The van der Waals surface area contributed by atoms with E-state index in [2.05, 4.69) is 35.8 Å². The summed E-state index contributed by atoms with van der Waals surface area (Å²) in [6.07, 6.45) is 5.19. The zero-order valence-corrected chi connectivity index (χ0v) is 14.1. The molecule has 3 rings (SSSR count). The molecule has 0 radical (unpaired) electrons. The van der Waals surface area contributed by atoms with Crippen molar-refractivity contribution in [3.63, 3.8) is 0 Å². The molecule has 4 nitrogen and oxygen atoms in total. The van der Waals surface area contributed by atoms with Gasteiger partial charge in [0.1, 0.15) is 5.82 Å². The van der Waals surface area contributed by atoms with E-state index in [0.717, 1.165) is 32.1 Å². The lowest BCUT2D eigenvalue weighted by Gasteiger charge is -2.36. The van der Waals surface area contributed by atoms with Crippen LogP contribution in [-0.2, 0) is 4.74 Å². The van der Waals surface area contributed by atoms with E-state index in [-0.39, 0.29) is 0 Å². The molecule has 0 bridgehead atoms. The van der Waals surface area contributed by atoms with Crippen LogP contribution in [-0.4, -0.2) is 49.3 Å². The fourth-order valence-corrected chi connectivity index (χ4v) is 3.78. The van der Waals surface area contributed by atoms with Crippen molar-refractivity contribution in [1.29, 1.82) is 0 Å². The number of nitrogens with zero attached hydrogens (tertiary/aromatic N) is 3. The molecule has 2 fully saturated rings. The van der Waals surface area contributed by atoms with Gasteiger partial charge in [-0.15, -0.1) is 0 Å². The Morgan fingerprint density at radius 3 is 2.73 bits per heavy atom. The summed E-state index contributed by atoms with van der Waals surface area (Å²) in [6, 6.07) is 5.11. The first-order valence-corrected chi connectivity index (χ1v) is 8.84. The van der Waals surface area contributed by atoms with Gasteiger partial charge in [-0.25, -0.2) is 4.98 Å². The highest BCUT2D eigenvalue weighted by Crippen LogP contribution is 2.33. The van der Waals surface area contributed by atoms with Crippen LogP contribution in [0.2, 0.25) is 0 Å². The minimum Gasteiger partial charge on any atom is -0.378 e. The summed E-state index contributed by atoms with van der Waals surface area (Å²) >= 11 is 0. The topological polar surface area (TPSA) is 28.6 Å². The second-order valence-corrected chi connectivity index (χ2v) is 6.49. The van der Waals surface area contributed by atoms with E-state index >= 15 is 0 Å². The van der Waals surface area contributed by atoms with Gasteiger partial charge in [-0.1, -0.05) is 19.4 Å². The van der Waals surface area contributed by atoms with Gasteiger partial charge in [0.15, 0.2) is 0 Å². The highest BCUT2D eigenvalue weighted by atomic mass is 16.5. The quantitative estimate of drug-likeness (QED) is 0.854. The molecule has 2 saturated heterocycles. The van der Waals surface area contributed by atoms with Gasteiger partial charge in [-0.05, 0) is 50.9 Å². The van der Waals surface area contributed by atoms with Crippen LogP contribution >= 0.6 is 0 Å². The molecule has 0 aliphatic carbocycles. The third-order valence-electron chi connectivity index (χ3n) is 4.93. The maximum Gasteiger partial charge on any atom is 0.128 e. The van der Waals surface area contributed by atoms with Crippen LogP contribution in [0.5, 0.6) is 0 Å². The molecule has 2 aliphatic heterocycles. The molecule has 0 unspecified atom stereocenters.